The van der Waals surface area contributed by atoms with Crippen molar-refractivity contribution in [3.63, 3.8) is 0 Å². The molecular weight excluding hydrogens is 376 g/mol. The minimum atomic E-state index is -0.169. The van der Waals surface area contributed by atoms with Crippen LogP contribution in [0.15, 0.2) is 85.3 Å². The lowest BCUT2D eigenvalue weighted by atomic mass is 10.1. The number of pyridine rings is 1. The van der Waals surface area contributed by atoms with Crippen LogP contribution < -0.4 is 10.1 Å². The lowest BCUT2D eigenvalue weighted by Gasteiger charge is -2.06. The summed E-state index contributed by atoms with van der Waals surface area (Å²) in [6.45, 7) is 1.01. The van der Waals surface area contributed by atoms with Crippen LogP contribution in [-0.2, 0) is 13.1 Å². The van der Waals surface area contributed by atoms with Gasteiger partial charge in [0.2, 0.25) is 0 Å². The summed E-state index contributed by atoms with van der Waals surface area (Å²) in [5.74, 6) is 0.586. The van der Waals surface area contributed by atoms with Crippen molar-refractivity contribution in [3.05, 3.63) is 102 Å². The highest BCUT2D eigenvalue weighted by molar-refractivity contribution is 5.99. The summed E-state index contributed by atoms with van der Waals surface area (Å²) in [5.41, 5.74) is 4.13. The predicted molar refractivity (Wildman–Crippen MR) is 115 cm³/mol. The number of carbonyl (C=O) groups excluding carboxylic acids is 1. The maximum absolute atomic E-state index is 13.0. The average molecular weight is 398 g/mol. The number of hydrogen-bond acceptors (Lipinski definition) is 4. The van der Waals surface area contributed by atoms with E-state index in [9.17, 15) is 4.79 Å². The van der Waals surface area contributed by atoms with Gasteiger partial charge in [-0.05, 0) is 47.5 Å². The first-order chi connectivity index (χ1) is 14.7. The van der Waals surface area contributed by atoms with Crippen LogP contribution in [-0.4, -0.2) is 27.8 Å². The van der Waals surface area contributed by atoms with Crippen molar-refractivity contribution in [3.8, 4) is 17.0 Å². The van der Waals surface area contributed by atoms with E-state index in [0.717, 1.165) is 22.4 Å². The number of amides is 1. The fourth-order valence-corrected chi connectivity index (χ4v) is 3.18. The molecule has 2 heterocycles. The van der Waals surface area contributed by atoms with E-state index in [2.05, 4.69) is 10.3 Å². The molecule has 150 valence electrons. The minimum Gasteiger partial charge on any atom is -0.497 e. The molecule has 4 aromatic rings. The molecule has 2 aromatic heterocycles. The van der Waals surface area contributed by atoms with Crippen LogP contribution in [0.2, 0.25) is 0 Å². The lowest BCUT2D eigenvalue weighted by Crippen LogP contribution is -2.23. The van der Waals surface area contributed by atoms with Gasteiger partial charge < -0.3 is 10.1 Å². The van der Waals surface area contributed by atoms with Gasteiger partial charge in [0.05, 0.1) is 19.2 Å². The smallest absolute Gasteiger partial charge is 0.255 e. The lowest BCUT2D eigenvalue weighted by molar-refractivity contribution is 0.0951. The van der Waals surface area contributed by atoms with Gasteiger partial charge in [-0.25, -0.2) is 0 Å². The van der Waals surface area contributed by atoms with Crippen molar-refractivity contribution in [1.82, 2.24) is 20.1 Å². The summed E-state index contributed by atoms with van der Waals surface area (Å²) in [6, 6.07) is 21.4. The first kappa shape index (κ1) is 19.4. The second kappa shape index (κ2) is 9.05. The molecule has 0 aliphatic rings. The third-order valence-electron chi connectivity index (χ3n) is 4.76. The fourth-order valence-electron chi connectivity index (χ4n) is 3.18. The molecule has 0 unspecified atom stereocenters. The van der Waals surface area contributed by atoms with E-state index in [1.165, 1.54) is 0 Å². The minimum absolute atomic E-state index is 0.169. The van der Waals surface area contributed by atoms with E-state index in [4.69, 9.17) is 9.84 Å². The third-order valence-corrected chi connectivity index (χ3v) is 4.76. The van der Waals surface area contributed by atoms with E-state index >= 15 is 0 Å². The highest BCUT2D eigenvalue weighted by atomic mass is 16.5. The van der Waals surface area contributed by atoms with E-state index in [1.807, 2.05) is 66.7 Å². The highest BCUT2D eigenvalue weighted by Gasteiger charge is 2.18. The Morgan fingerprint density at radius 3 is 2.40 bits per heavy atom. The Morgan fingerprint density at radius 2 is 1.70 bits per heavy atom. The van der Waals surface area contributed by atoms with Crippen molar-refractivity contribution >= 4 is 5.91 Å². The first-order valence-electron chi connectivity index (χ1n) is 9.66. The molecule has 0 fully saturated rings. The molecule has 0 spiro atoms. The van der Waals surface area contributed by atoms with Crippen molar-refractivity contribution in [1.29, 1.82) is 0 Å². The van der Waals surface area contributed by atoms with E-state index in [0.29, 0.717) is 24.3 Å². The molecule has 1 amide bonds. The SMILES string of the molecule is COc1ccc(-c2nn(Cc3ccccc3)cc2C(=O)NCc2ccncc2)cc1. The van der Waals surface area contributed by atoms with E-state index in [1.54, 1.807) is 30.4 Å². The van der Waals surface area contributed by atoms with E-state index < -0.39 is 0 Å². The Morgan fingerprint density at radius 1 is 0.967 bits per heavy atom. The monoisotopic (exact) mass is 398 g/mol. The molecule has 0 saturated heterocycles. The number of methoxy groups -OCH3 is 1. The summed E-state index contributed by atoms with van der Waals surface area (Å²) < 4.78 is 7.05. The Kier molecular flexibility index (Phi) is 5.85. The summed E-state index contributed by atoms with van der Waals surface area (Å²) in [5, 5.41) is 7.69. The van der Waals surface area contributed by atoms with Gasteiger partial charge in [0.1, 0.15) is 11.4 Å². The topological polar surface area (TPSA) is 69.0 Å². The highest BCUT2D eigenvalue weighted by Crippen LogP contribution is 2.25. The van der Waals surface area contributed by atoms with Gasteiger partial charge in [0, 0.05) is 30.7 Å². The van der Waals surface area contributed by atoms with Crippen LogP contribution in [0.4, 0.5) is 0 Å². The summed E-state index contributed by atoms with van der Waals surface area (Å²) in [4.78, 5) is 17.0. The molecule has 0 saturated carbocycles. The number of nitrogens with one attached hydrogen (secondary N) is 1. The van der Waals surface area contributed by atoms with Gasteiger partial charge in [-0.2, -0.15) is 5.10 Å². The molecule has 6 heteroatoms. The maximum Gasteiger partial charge on any atom is 0.255 e. The summed E-state index contributed by atoms with van der Waals surface area (Å²) in [7, 11) is 1.63. The number of carbonyl (C=O) groups is 1. The van der Waals surface area contributed by atoms with Crippen molar-refractivity contribution in [2.45, 2.75) is 13.1 Å². The van der Waals surface area contributed by atoms with Crippen LogP contribution in [0.1, 0.15) is 21.5 Å². The zero-order chi connectivity index (χ0) is 20.8. The average Bonchev–Trinajstić information content (AvgIpc) is 3.22. The zero-order valence-electron chi connectivity index (χ0n) is 16.7. The molecule has 0 atom stereocenters. The number of rotatable bonds is 7. The second-order valence-electron chi connectivity index (χ2n) is 6.84. The normalized spacial score (nSPS) is 10.6. The molecule has 6 nitrogen and oxygen atoms in total. The Labute approximate surface area is 175 Å². The third kappa shape index (κ3) is 4.55. The molecule has 4 rings (SSSR count). The summed E-state index contributed by atoms with van der Waals surface area (Å²) in [6.07, 6.45) is 5.22. The van der Waals surface area contributed by atoms with Gasteiger partial charge in [0.15, 0.2) is 0 Å². The molecule has 30 heavy (non-hydrogen) atoms. The second-order valence-corrected chi connectivity index (χ2v) is 6.84. The van der Waals surface area contributed by atoms with Gasteiger partial charge in [-0.1, -0.05) is 30.3 Å². The van der Waals surface area contributed by atoms with Gasteiger partial charge in [-0.15, -0.1) is 0 Å². The number of aromatic nitrogens is 3. The van der Waals surface area contributed by atoms with Crippen LogP contribution in [0, 0.1) is 0 Å². The molecular formula is C24H22N4O2. The van der Waals surface area contributed by atoms with Crippen LogP contribution >= 0.6 is 0 Å². The predicted octanol–water partition coefficient (Wildman–Crippen LogP) is 3.93. The molecule has 1 N–H and O–H groups in total. The fraction of sp³-hybridized carbons (Fsp3) is 0.125. The largest absolute Gasteiger partial charge is 0.497 e. The van der Waals surface area contributed by atoms with Crippen LogP contribution in [0.5, 0.6) is 5.75 Å². The van der Waals surface area contributed by atoms with E-state index in [-0.39, 0.29) is 5.91 Å². The number of hydrogen-bond donors (Lipinski definition) is 1. The van der Waals surface area contributed by atoms with Gasteiger partial charge >= 0.3 is 0 Å². The number of benzene rings is 2. The molecule has 2 aromatic carbocycles. The van der Waals surface area contributed by atoms with Crippen LogP contribution in [0.25, 0.3) is 11.3 Å². The van der Waals surface area contributed by atoms with Gasteiger partial charge in [-0.3, -0.25) is 14.5 Å². The zero-order valence-corrected chi connectivity index (χ0v) is 16.7. The van der Waals surface area contributed by atoms with Crippen molar-refractivity contribution in [2.75, 3.05) is 7.11 Å². The summed E-state index contributed by atoms with van der Waals surface area (Å²) >= 11 is 0. The molecule has 0 radical (unpaired) electrons. The van der Waals surface area contributed by atoms with Gasteiger partial charge in [0.25, 0.3) is 5.91 Å². The Bertz CT molecular complexity index is 1110. The number of nitrogens with zero attached hydrogens (tertiary/aromatic N) is 3. The quantitative estimate of drug-likeness (QED) is 0.512. The molecule has 0 aliphatic heterocycles. The Balaban J connectivity index is 1.62. The first-order valence-corrected chi connectivity index (χ1v) is 9.66. The molecule has 0 aliphatic carbocycles. The number of ether oxygens (including phenoxy) is 1. The Hall–Kier alpha value is -3.93. The molecule has 0 bridgehead atoms. The van der Waals surface area contributed by atoms with Crippen molar-refractivity contribution in [2.24, 2.45) is 0 Å². The van der Waals surface area contributed by atoms with Crippen LogP contribution in [0.3, 0.4) is 0 Å². The maximum atomic E-state index is 13.0. The van der Waals surface area contributed by atoms with Crippen molar-refractivity contribution < 1.29 is 9.53 Å². The standard InChI is InChI=1S/C24H22N4O2/c1-30-21-9-7-20(8-10-21)23-22(24(29)26-15-18-11-13-25-14-12-18)17-28(27-23)16-19-5-3-2-4-6-19/h2-14,17H,15-16H2,1H3,(H,26,29).